The summed E-state index contributed by atoms with van der Waals surface area (Å²) in [5.74, 6) is 0. The van der Waals surface area contributed by atoms with E-state index in [0.29, 0.717) is 39.3 Å². The average Bonchev–Trinajstić information content (AvgIpc) is 2.45. The summed E-state index contributed by atoms with van der Waals surface area (Å²) in [4.78, 5) is 22.3. The normalized spacial score (nSPS) is 11.5. The maximum absolute atomic E-state index is 11.2. The van der Waals surface area contributed by atoms with E-state index in [0.717, 1.165) is 38.3 Å². The van der Waals surface area contributed by atoms with Gasteiger partial charge in [-0.05, 0) is 25.7 Å². The maximum Gasteiger partial charge on any atom is 0.133 e. The van der Waals surface area contributed by atoms with E-state index in [1.165, 1.54) is 0 Å². The molecular formula is C15H28O4. The Labute approximate surface area is 116 Å². The number of carbonyl (C=O) groups is 2. The summed E-state index contributed by atoms with van der Waals surface area (Å²) in [5.41, 5.74) is -0.932. The van der Waals surface area contributed by atoms with Crippen LogP contribution in [-0.4, -0.2) is 39.0 Å². The van der Waals surface area contributed by atoms with Crippen molar-refractivity contribution in [1.29, 1.82) is 0 Å². The van der Waals surface area contributed by atoms with Crippen LogP contribution in [0.4, 0.5) is 0 Å². The molecule has 0 amide bonds. The van der Waals surface area contributed by atoms with E-state index in [2.05, 4.69) is 13.8 Å². The molecule has 0 bridgehead atoms. The molecule has 0 saturated heterocycles. The van der Waals surface area contributed by atoms with E-state index in [4.69, 9.17) is 9.47 Å². The molecule has 4 nitrogen and oxygen atoms in total. The predicted molar refractivity (Wildman–Crippen MR) is 75.2 cm³/mol. The van der Waals surface area contributed by atoms with Gasteiger partial charge in [0.05, 0.1) is 5.41 Å². The first kappa shape index (κ1) is 18.3. The molecule has 0 heterocycles. The van der Waals surface area contributed by atoms with Gasteiger partial charge in [-0.2, -0.15) is 0 Å². The smallest absolute Gasteiger partial charge is 0.133 e. The van der Waals surface area contributed by atoms with E-state index >= 15 is 0 Å². The molecule has 0 aromatic heterocycles. The van der Waals surface area contributed by atoms with Gasteiger partial charge in [-0.25, -0.2) is 0 Å². The van der Waals surface area contributed by atoms with Crippen LogP contribution in [0.3, 0.4) is 0 Å². The lowest BCUT2D eigenvalue weighted by atomic mass is 9.85. The fourth-order valence-corrected chi connectivity index (χ4v) is 1.61. The molecule has 0 unspecified atom stereocenters. The van der Waals surface area contributed by atoms with Crippen LogP contribution in [0.5, 0.6) is 0 Å². The fourth-order valence-electron chi connectivity index (χ4n) is 1.61. The van der Waals surface area contributed by atoms with Crippen molar-refractivity contribution in [2.75, 3.05) is 26.4 Å². The Kier molecular flexibility index (Phi) is 11.8. The second kappa shape index (κ2) is 12.3. The molecule has 0 N–H and O–H groups in total. The van der Waals surface area contributed by atoms with Crippen molar-refractivity contribution in [3.05, 3.63) is 0 Å². The van der Waals surface area contributed by atoms with E-state index in [1.54, 1.807) is 0 Å². The van der Waals surface area contributed by atoms with Gasteiger partial charge in [0.15, 0.2) is 0 Å². The fraction of sp³-hybridized carbons (Fsp3) is 0.867. The highest BCUT2D eigenvalue weighted by Gasteiger charge is 2.28. The summed E-state index contributed by atoms with van der Waals surface area (Å²) in [5, 5.41) is 0. The first-order valence-corrected chi connectivity index (χ1v) is 7.32. The van der Waals surface area contributed by atoms with Crippen molar-refractivity contribution >= 4 is 12.6 Å². The van der Waals surface area contributed by atoms with Crippen molar-refractivity contribution in [3.8, 4) is 0 Å². The van der Waals surface area contributed by atoms with Crippen molar-refractivity contribution in [2.24, 2.45) is 5.41 Å². The lowest BCUT2D eigenvalue weighted by Gasteiger charge is -2.21. The van der Waals surface area contributed by atoms with E-state index in [-0.39, 0.29) is 0 Å². The van der Waals surface area contributed by atoms with E-state index in [9.17, 15) is 9.59 Å². The van der Waals surface area contributed by atoms with Crippen LogP contribution >= 0.6 is 0 Å². The highest BCUT2D eigenvalue weighted by Crippen LogP contribution is 2.21. The second-order valence-electron chi connectivity index (χ2n) is 4.90. The molecular weight excluding hydrogens is 244 g/mol. The van der Waals surface area contributed by atoms with Crippen LogP contribution in [0.15, 0.2) is 0 Å². The molecule has 4 heteroatoms. The van der Waals surface area contributed by atoms with E-state index < -0.39 is 5.41 Å². The molecule has 0 aliphatic carbocycles. The molecule has 0 fully saturated rings. The molecule has 0 atom stereocenters. The Hall–Kier alpha value is -0.740. The topological polar surface area (TPSA) is 52.6 Å². The predicted octanol–water partition coefficient (Wildman–Crippen LogP) is 2.78. The summed E-state index contributed by atoms with van der Waals surface area (Å²) in [6, 6.07) is 0. The average molecular weight is 272 g/mol. The summed E-state index contributed by atoms with van der Waals surface area (Å²) in [6.45, 7) is 6.48. The third-order valence-corrected chi connectivity index (χ3v) is 3.18. The quantitative estimate of drug-likeness (QED) is 0.277. The molecule has 0 saturated carbocycles. The number of aldehydes is 2. The minimum atomic E-state index is -0.932. The van der Waals surface area contributed by atoms with Crippen LogP contribution in [0, 0.1) is 5.41 Å². The summed E-state index contributed by atoms with van der Waals surface area (Å²) in [6.07, 6.45) is 6.56. The number of hydrogen-bond acceptors (Lipinski definition) is 4. The third kappa shape index (κ3) is 8.89. The SMILES string of the molecule is CCCCOCCC(C=O)(C=O)CCOCCCC. The van der Waals surface area contributed by atoms with Gasteiger partial charge in [-0.3, -0.25) is 0 Å². The lowest BCUT2D eigenvalue weighted by molar-refractivity contribution is -0.129. The molecule has 0 aliphatic rings. The Morgan fingerprint density at radius 2 is 1.21 bits per heavy atom. The van der Waals surface area contributed by atoms with Crippen LogP contribution in [0.1, 0.15) is 52.4 Å². The van der Waals surface area contributed by atoms with Gasteiger partial charge >= 0.3 is 0 Å². The molecule has 0 aromatic carbocycles. The zero-order valence-corrected chi connectivity index (χ0v) is 12.4. The van der Waals surface area contributed by atoms with E-state index in [1.807, 2.05) is 0 Å². The number of rotatable bonds is 14. The minimum absolute atomic E-state index is 0.445. The minimum Gasteiger partial charge on any atom is -0.381 e. The molecule has 0 radical (unpaired) electrons. The van der Waals surface area contributed by atoms with Crippen molar-refractivity contribution in [1.82, 2.24) is 0 Å². The van der Waals surface area contributed by atoms with Gasteiger partial charge in [0, 0.05) is 26.4 Å². The zero-order valence-electron chi connectivity index (χ0n) is 12.4. The maximum atomic E-state index is 11.2. The van der Waals surface area contributed by atoms with Crippen LogP contribution in [-0.2, 0) is 19.1 Å². The van der Waals surface area contributed by atoms with Crippen LogP contribution in [0.25, 0.3) is 0 Å². The molecule has 0 rings (SSSR count). The number of hydrogen-bond donors (Lipinski definition) is 0. The second-order valence-corrected chi connectivity index (χ2v) is 4.90. The van der Waals surface area contributed by atoms with Crippen molar-refractivity contribution < 1.29 is 19.1 Å². The monoisotopic (exact) mass is 272 g/mol. The number of carbonyl (C=O) groups excluding carboxylic acids is 2. The largest absolute Gasteiger partial charge is 0.381 e. The van der Waals surface area contributed by atoms with Crippen LogP contribution in [0.2, 0.25) is 0 Å². The van der Waals surface area contributed by atoms with Gasteiger partial charge in [0.1, 0.15) is 12.6 Å². The molecule has 0 aliphatic heterocycles. The Balaban J connectivity index is 3.90. The molecule has 0 aromatic rings. The Morgan fingerprint density at radius 1 is 0.789 bits per heavy atom. The summed E-state index contributed by atoms with van der Waals surface area (Å²) in [7, 11) is 0. The van der Waals surface area contributed by atoms with Gasteiger partial charge in [0.2, 0.25) is 0 Å². The van der Waals surface area contributed by atoms with Crippen LogP contribution < -0.4 is 0 Å². The van der Waals surface area contributed by atoms with Gasteiger partial charge in [0.25, 0.3) is 0 Å². The Morgan fingerprint density at radius 3 is 1.53 bits per heavy atom. The number of unbranched alkanes of at least 4 members (excludes halogenated alkanes) is 2. The first-order valence-electron chi connectivity index (χ1n) is 7.32. The van der Waals surface area contributed by atoms with Crippen molar-refractivity contribution in [3.63, 3.8) is 0 Å². The third-order valence-electron chi connectivity index (χ3n) is 3.18. The standard InChI is InChI=1S/C15H28O4/c1-3-5-9-18-11-7-15(13-16,14-17)8-12-19-10-6-4-2/h13-14H,3-12H2,1-2H3. The van der Waals surface area contributed by atoms with Crippen molar-refractivity contribution in [2.45, 2.75) is 52.4 Å². The summed E-state index contributed by atoms with van der Waals surface area (Å²) < 4.78 is 10.8. The van der Waals surface area contributed by atoms with Gasteiger partial charge < -0.3 is 19.1 Å². The highest BCUT2D eigenvalue weighted by atomic mass is 16.5. The first-order chi connectivity index (χ1) is 9.24. The van der Waals surface area contributed by atoms with Gasteiger partial charge in [-0.15, -0.1) is 0 Å². The zero-order chi connectivity index (χ0) is 14.4. The highest BCUT2D eigenvalue weighted by molar-refractivity contribution is 5.83. The Bertz CT molecular complexity index is 204. The molecule has 19 heavy (non-hydrogen) atoms. The summed E-state index contributed by atoms with van der Waals surface area (Å²) >= 11 is 0. The lowest BCUT2D eigenvalue weighted by Crippen LogP contribution is -2.28. The number of ether oxygens (including phenoxy) is 2. The van der Waals surface area contributed by atoms with Gasteiger partial charge in [-0.1, -0.05) is 26.7 Å². The molecule has 112 valence electrons. The molecule has 0 spiro atoms.